The first-order valence-electron chi connectivity index (χ1n) is 6.99. The van der Waals surface area contributed by atoms with Gasteiger partial charge in [0.05, 0.1) is 0 Å². The van der Waals surface area contributed by atoms with E-state index in [1.54, 1.807) is 0 Å². The average Bonchev–Trinajstić information content (AvgIpc) is 2.41. The second-order valence-electron chi connectivity index (χ2n) is 4.64. The molecule has 0 fully saturated rings. The molecule has 0 saturated carbocycles. The van der Waals surface area contributed by atoms with E-state index in [0.29, 0.717) is 17.7 Å². The zero-order valence-electron chi connectivity index (χ0n) is 11.7. The van der Waals surface area contributed by atoms with Crippen molar-refractivity contribution in [2.75, 3.05) is 13.2 Å². The van der Waals surface area contributed by atoms with Crippen LogP contribution in [0.1, 0.15) is 32.6 Å². The third kappa shape index (κ3) is 7.24. The van der Waals surface area contributed by atoms with Crippen LogP contribution in [0.5, 0.6) is 5.75 Å². The smallest absolute Gasteiger partial charge is 0.120 e. The second-order valence-corrected chi connectivity index (χ2v) is 5.08. The van der Waals surface area contributed by atoms with E-state index in [1.165, 1.54) is 0 Å². The molecule has 1 unspecified atom stereocenters. The standard InChI is InChI=1S/C16H24ClNO/c1-3-5-6-9-15(18-11-4-2)13-19-16-10-7-8-14(17)12-16/h3,7-8,10,12,15,18H,1,4-6,9,11,13H2,2H3. The maximum atomic E-state index is 5.94. The van der Waals surface area contributed by atoms with Gasteiger partial charge in [-0.25, -0.2) is 0 Å². The van der Waals surface area contributed by atoms with Gasteiger partial charge in [0.15, 0.2) is 0 Å². The van der Waals surface area contributed by atoms with Crippen LogP contribution in [0.2, 0.25) is 5.02 Å². The highest BCUT2D eigenvalue weighted by atomic mass is 35.5. The van der Waals surface area contributed by atoms with Crippen molar-refractivity contribution < 1.29 is 4.74 Å². The topological polar surface area (TPSA) is 21.3 Å². The monoisotopic (exact) mass is 281 g/mol. The Morgan fingerprint density at radius 3 is 3.00 bits per heavy atom. The van der Waals surface area contributed by atoms with Gasteiger partial charge in [0, 0.05) is 11.1 Å². The van der Waals surface area contributed by atoms with Gasteiger partial charge >= 0.3 is 0 Å². The van der Waals surface area contributed by atoms with Crippen molar-refractivity contribution in [1.82, 2.24) is 5.32 Å². The predicted octanol–water partition coefficient (Wildman–Crippen LogP) is 4.44. The minimum absolute atomic E-state index is 0.388. The molecule has 0 radical (unpaired) electrons. The molecule has 0 heterocycles. The van der Waals surface area contributed by atoms with E-state index in [4.69, 9.17) is 16.3 Å². The number of hydrogen-bond acceptors (Lipinski definition) is 2. The zero-order valence-corrected chi connectivity index (χ0v) is 12.5. The first kappa shape index (κ1) is 16.1. The first-order valence-corrected chi connectivity index (χ1v) is 7.36. The van der Waals surface area contributed by atoms with Crippen molar-refractivity contribution in [3.8, 4) is 5.75 Å². The quantitative estimate of drug-likeness (QED) is 0.505. The summed E-state index contributed by atoms with van der Waals surface area (Å²) in [5.41, 5.74) is 0. The van der Waals surface area contributed by atoms with Crippen molar-refractivity contribution in [3.05, 3.63) is 41.9 Å². The Morgan fingerprint density at radius 1 is 1.47 bits per heavy atom. The molecule has 0 spiro atoms. The fourth-order valence-corrected chi connectivity index (χ4v) is 2.04. The number of rotatable bonds is 10. The Kier molecular flexibility index (Phi) is 8.35. The molecule has 0 amide bonds. The first-order chi connectivity index (χ1) is 9.26. The molecule has 0 aliphatic heterocycles. The Hall–Kier alpha value is -0.990. The van der Waals surface area contributed by atoms with Crippen LogP contribution in [-0.4, -0.2) is 19.2 Å². The van der Waals surface area contributed by atoms with Crippen molar-refractivity contribution in [3.63, 3.8) is 0 Å². The fraction of sp³-hybridized carbons (Fsp3) is 0.500. The summed E-state index contributed by atoms with van der Waals surface area (Å²) in [6.07, 6.45) is 6.40. The Balaban J connectivity index is 2.39. The van der Waals surface area contributed by atoms with Crippen LogP contribution < -0.4 is 10.1 Å². The molecule has 2 nitrogen and oxygen atoms in total. The molecule has 0 bridgehead atoms. The molecule has 1 atom stereocenters. The van der Waals surface area contributed by atoms with Crippen molar-refractivity contribution in [2.24, 2.45) is 0 Å². The molecular weight excluding hydrogens is 258 g/mol. The molecular formula is C16H24ClNO. The average molecular weight is 282 g/mol. The molecule has 1 aromatic rings. The molecule has 1 aromatic carbocycles. The molecule has 19 heavy (non-hydrogen) atoms. The van der Waals surface area contributed by atoms with Crippen molar-refractivity contribution >= 4 is 11.6 Å². The van der Waals surface area contributed by atoms with E-state index in [2.05, 4.69) is 18.8 Å². The van der Waals surface area contributed by atoms with Crippen molar-refractivity contribution in [1.29, 1.82) is 0 Å². The SMILES string of the molecule is C=CCCCC(COc1cccc(Cl)c1)NCCC. The summed E-state index contributed by atoms with van der Waals surface area (Å²) in [5.74, 6) is 0.833. The number of hydrogen-bond donors (Lipinski definition) is 1. The summed E-state index contributed by atoms with van der Waals surface area (Å²) < 4.78 is 5.80. The van der Waals surface area contributed by atoms with Crippen LogP contribution >= 0.6 is 11.6 Å². The third-order valence-electron chi connectivity index (χ3n) is 2.89. The summed E-state index contributed by atoms with van der Waals surface area (Å²) in [4.78, 5) is 0. The Labute approximate surface area is 121 Å². The van der Waals surface area contributed by atoms with Gasteiger partial charge in [-0.3, -0.25) is 0 Å². The van der Waals surface area contributed by atoms with Crippen LogP contribution in [0.3, 0.4) is 0 Å². The van der Waals surface area contributed by atoms with Gasteiger partial charge in [-0.2, -0.15) is 0 Å². The van der Waals surface area contributed by atoms with Crippen molar-refractivity contribution in [2.45, 2.75) is 38.6 Å². The van der Waals surface area contributed by atoms with E-state index in [9.17, 15) is 0 Å². The largest absolute Gasteiger partial charge is 0.492 e. The van der Waals surface area contributed by atoms with Crippen LogP contribution in [-0.2, 0) is 0 Å². The van der Waals surface area contributed by atoms with Gasteiger partial charge in [-0.15, -0.1) is 6.58 Å². The highest BCUT2D eigenvalue weighted by molar-refractivity contribution is 6.30. The van der Waals surface area contributed by atoms with E-state index >= 15 is 0 Å². The predicted molar refractivity (Wildman–Crippen MR) is 83.1 cm³/mol. The minimum Gasteiger partial charge on any atom is -0.492 e. The minimum atomic E-state index is 0.388. The normalized spacial score (nSPS) is 12.1. The van der Waals surface area contributed by atoms with Gasteiger partial charge in [-0.05, 0) is 50.4 Å². The number of ether oxygens (including phenoxy) is 1. The number of halogens is 1. The van der Waals surface area contributed by atoms with Gasteiger partial charge in [-0.1, -0.05) is 30.7 Å². The number of benzene rings is 1. The molecule has 1 rings (SSSR count). The van der Waals surface area contributed by atoms with Gasteiger partial charge < -0.3 is 10.1 Å². The lowest BCUT2D eigenvalue weighted by Gasteiger charge is -2.19. The molecule has 3 heteroatoms. The maximum Gasteiger partial charge on any atom is 0.120 e. The van der Waals surface area contributed by atoms with Crippen LogP contribution in [0.25, 0.3) is 0 Å². The van der Waals surface area contributed by atoms with E-state index in [-0.39, 0.29) is 0 Å². The molecule has 0 aromatic heterocycles. The molecule has 0 aliphatic carbocycles. The lowest BCUT2D eigenvalue weighted by molar-refractivity contribution is 0.255. The van der Waals surface area contributed by atoms with Crippen LogP contribution in [0.4, 0.5) is 0 Å². The number of unbranched alkanes of at least 4 members (excludes halogenated alkanes) is 1. The van der Waals surface area contributed by atoms with Crippen LogP contribution in [0.15, 0.2) is 36.9 Å². The Bertz CT molecular complexity index is 368. The second kappa shape index (κ2) is 9.88. The van der Waals surface area contributed by atoms with Gasteiger partial charge in [0.25, 0.3) is 0 Å². The lowest BCUT2D eigenvalue weighted by atomic mass is 10.1. The highest BCUT2D eigenvalue weighted by Crippen LogP contribution is 2.17. The van der Waals surface area contributed by atoms with E-state index < -0.39 is 0 Å². The highest BCUT2D eigenvalue weighted by Gasteiger charge is 2.08. The fourth-order valence-electron chi connectivity index (χ4n) is 1.85. The summed E-state index contributed by atoms with van der Waals surface area (Å²) in [5, 5.41) is 4.23. The molecule has 1 N–H and O–H groups in total. The number of allylic oxidation sites excluding steroid dienone is 1. The lowest BCUT2D eigenvalue weighted by Crippen LogP contribution is -2.35. The third-order valence-corrected chi connectivity index (χ3v) is 3.13. The molecule has 0 aliphatic rings. The molecule has 0 saturated heterocycles. The Morgan fingerprint density at radius 2 is 2.32 bits per heavy atom. The van der Waals surface area contributed by atoms with Gasteiger partial charge in [0.2, 0.25) is 0 Å². The summed E-state index contributed by atoms with van der Waals surface area (Å²) >= 11 is 5.94. The maximum absolute atomic E-state index is 5.94. The summed E-state index contributed by atoms with van der Waals surface area (Å²) in [7, 11) is 0. The van der Waals surface area contributed by atoms with Crippen LogP contribution in [0, 0.1) is 0 Å². The zero-order chi connectivity index (χ0) is 13.9. The number of nitrogens with one attached hydrogen (secondary N) is 1. The molecule has 106 valence electrons. The summed E-state index contributed by atoms with van der Waals surface area (Å²) in [6.45, 7) is 7.63. The van der Waals surface area contributed by atoms with E-state index in [1.807, 2.05) is 30.3 Å². The van der Waals surface area contributed by atoms with E-state index in [0.717, 1.165) is 38.0 Å². The van der Waals surface area contributed by atoms with Gasteiger partial charge in [0.1, 0.15) is 12.4 Å². The summed E-state index contributed by atoms with van der Waals surface area (Å²) in [6, 6.07) is 7.93.